The van der Waals surface area contributed by atoms with E-state index >= 15 is 0 Å². The van der Waals surface area contributed by atoms with Crippen molar-refractivity contribution in [2.24, 2.45) is 5.92 Å². The average molecular weight is 572 g/mol. The third kappa shape index (κ3) is 6.39. The van der Waals surface area contributed by atoms with Gasteiger partial charge in [0, 0.05) is 18.7 Å². The van der Waals surface area contributed by atoms with E-state index in [1.54, 1.807) is 30.3 Å². The van der Waals surface area contributed by atoms with Crippen LogP contribution in [0.3, 0.4) is 0 Å². The third-order valence-electron chi connectivity index (χ3n) is 7.56. The number of aliphatic carboxylic acids is 1. The number of carbonyl (C=O) groups is 1. The molecule has 1 aromatic heterocycles. The number of nitrogens with zero attached hydrogens (tertiary/aromatic N) is 3. The number of carboxylic acids is 1. The molecular formula is C33H28F3N3O3. The molecule has 4 aromatic rings. The van der Waals surface area contributed by atoms with Gasteiger partial charge in [0.2, 0.25) is 0 Å². The molecule has 1 aliphatic rings. The number of aryl methyl sites for hydroxylation is 1. The van der Waals surface area contributed by atoms with Gasteiger partial charge in [0.15, 0.2) is 0 Å². The number of anilines is 1. The molecule has 1 N–H and O–H groups in total. The summed E-state index contributed by atoms with van der Waals surface area (Å²) in [6.07, 6.45) is -3.59. The molecule has 9 heteroatoms. The van der Waals surface area contributed by atoms with Gasteiger partial charge >= 0.3 is 12.1 Å². The maximum Gasteiger partial charge on any atom is 0.416 e. The molecule has 0 aliphatic carbocycles. The Kier molecular flexibility index (Phi) is 8.16. The number of hydrogen-bond acceptors (Lipinski definition) is 5. The van der Waals surface area contributed by atoms with E-state index in [1.165, 1.54) is 6.07 Å². The zero-order valence-electron chi connectivity index (χ0n) is 22.9. The van der Waals surface area contributed by atoms with E-state index in [-0.39, 0.29) is 17.9 Å². The summed E-state index contributed by atoms with van der Waals surface area (Å²) in [7, 11) is 0. The van der Waals surface area contributed by atoms with E-state index in [0.29, 0.717) is 43.0 Å². The van der Waals surface area contributed by atoms with Gasteiger partial charge in [-0.15, -0.1) is 0 Å². The molecular weight excluding hydrogens is 543 g/mol. The molecule has 0 radical (unpaired) electrons. The number of hydrogen-bond donors (Lipinski definition) is 1. The smallest absolute Gasteiger partial charge is 0.416 e. The first-order valence-corrected chi connectivity index (χ1v) is 13.5. The van der Waals surface area contributed by atoms with E-state index in [1.807, 2.05) is 42.2 Å². The minimum Gasteiger partial charge on any atom is -0.488 e. The van der Waals surface area contributed by atoms with Crippen LogP contribution in [0.4, 0.5) is 19.0 Å². The predicted molar refractivity (Wildman–Crippen MR) is 153 cm³/mol. The molecule has 0 atom stereocenters. The van der Waals surface area contributed by atoms with Gasteiger partial charge in [0.25, 0.3) is 0 Å². The second kappa shape index (κ2) is 12.0. The van der Waals surface area contributed by atoms with Crippen LogP contribution in [0.1, 0.15) is 35.1 Å². The molecule has 1 fully saturated rings. The van der Waals surface area contributed by atoms with Crippen molar-refractivity contribution in [2.45, 2.75) is 32.5 Å². The van der Waals surface area contributed by atoms with Gasteiger partial charge in [-0.1, -0.05) is 36.4 Å². The van der Waals surface area contributed by atoms with Gasteiger partial charge in [-0.05, 0) is 84.5 Å². The van der Waals surface area contributed by atoms with Crippen LogP contribution in [-0.2, 0) is 17.6 Å². The minimum atomic E-state index is -4.54. The Morgan fingerprint density at radius 2 is 1.74 bits per heavy atom. The number of ether oxygens (including phenoxy) is 1. The van der Waals surface area contributed by atoms with Gasteiger partial charge < -0.3 is 14.7 Å². The largest absolute Gasteiger partial charge is 0.488 e. The minimum absolute atomic E-state index is 0.139. The topological polar surface area (TPSA) is 86.5 Å². The highest BCUT2D eigenvalue weighted by Crippen LogP contribution is 2.38. The highest BCUT2D eigenvalue weighted by molar-refractivity contribution is 5.71. The van der Waals surface area contributed by atoms with Crippen molar-refractivity contribution in [2.75, 3.05) is 18.0 Å². The molecule has 6 nitrogen and oxygen atoms in total. The van der Waals surface area contributed by atoms with Crippen molar-refractivity contribution < 1.29 is 27.8 Å². The number of piperidine rings is 1. The Hall–Kier alpha value is -4.84. The molecule has 0 bridgehead atoms. The molecule has 3 aromatic carbocycles. The predicted octanol–water partition coefficient (Wildman–Crippen LogP) is 7.49. The Balaban J connectivity index is 1.40. The molecule has 1 aliphatic heterocycles. The van der Waals surface area contributed by atoms with E-state index in [4.69, 9.17) is 10.00 Å². The van der Waals surface area contributed by atoms with E-state index < -0.39 is 23.6 Å². The lowest BCUT2D eigenvalue weighted by atomic mass is 9.97. The van der Waals surface area contributed by atoms with E-state index in [2.05, 4.69) is 11.1 Å². The van der Waals surface area contributed by atoms with Gasteiger partial charge in [-0.3, -0.25) is 4.79 Å². The van der Waals surface area contributed by atoms with E-state index in [9.17, 15) is 23.1 Å². The fourth-order valence-corrected chi connectivity index (χ4v) is 5.07. The maximum atomic E-state index is 13.7. The van der Waals surface area contributed by atoms with Gasteiger partial charge in [-0.25, -0.2) is 4.98 Å². The first-order chi connectivity index (χ1) is 20.1. The fourth-order valence-electron chi connectivity index (χ4n) is 5.07. The molecule has 0 spiro atoms. The molecule has 0 unspecified atom stereocenters. The maximum absolute atomic E-state index is 13.7. The summed E-state index contributed by atoms with van der Waals surface area (Å²) in [5.74, 6) is -0.377. The van der Waals surface area contributed by atoms with Crippen LogP contribution in [0.25, 0.3) is 22.4 Å². The lowest BCUT2D eigenvalue weighted by Gasteiger charge is -2.31. The van der Waals surface area contributed by atoms with Crippen LogP contribution in [0.5, 0.6) is 5.75 Å². The number of halogens is 3. The van der Waals surface area contributed by atoms with Gasteiger partial charge in [0.05, 0.1) is 28.8 Å². The number of nitriles is 1. The highest BCUT2D eigenvalue weighted by Gasteiger charge is 2.32. The first kappa shape index (κ1) is 28.7. The second-order valence-corrected chi connectivity index (χ2v) is 10.3. The van der Waals surface area contributed by atoms with E-state index in [0.717, 1.165) is 34.4 Å². The molecule has 2 heterocycles. The number of carboxylic acid groups (broad SMARTS) is 1. The molecule has 5 rings (SSSR count). The van der Waals surface area contributed by atoms with Crippen LogP contribution in [0.2, 0.25) is 0 Å². The lowest BCUT2D eigenvalue weighted by molar-refractivity contribution is -0.142. The Morgan fingerprint density at radius 1 is 1.02 bits per heavy atom. The van der Waals surface area contributed by atoms with Crippen LogP contribution in [0.15, 0.2) is 78.9 Å². The van der Waals surface area contributed by atoms with Crippen molar-refractivity contribution in [3.8, 4) is 34.2 Å². The molecule has 1 saturated heterocycles. The van der Waals surface area contributed by atoms with Crippen LogP contribution >= 0.6 is 0 Å². The molecule has 214 valence electrons. The number of rotatable bonds is 7. The normalized spacial score (nSPS) is 13.9. The quantitative estimate of drug-likeness (QED) is 0.247. The van der Waals surface area contributed by atoms with Crippen molar-refractivity contribution in [1.29, 1.82) is 5.26 Å². The van der Waals surface area contributed by atoms with Crippen molar-refractivity contribution >= 4 is 11.8 Å². The van der Waals surface area contributed by atoms with Crippen LogP contribution < -0.4 is 9.64 Å². The summed E-state index contributed by atoms with van der Waals surface area (Å²) >= 11 is 0. The Morgan fingerprint density at radius 3 is 2.38 bits per heavy atom. The van der Waals surface area contributed by atoms with Crippen LogP contribution in [0, 0.1) is 24.2 Å². The highest BCUT2D eigenvalue weighted by atomic mass is 19.4. The summed E-state index contributed by atoms with van der Waals surface area (Å²) in [6, 6.07) is 23.8. The molecule has 42 heavy (non-hydrogen) atoms. The Bertz CT molecular complexity index is 1640. The van der Waals surface area contributed by atoms with Crippen LogP contribution in [-0.4, -0.2) is 29.1 Å². The first-order valence-electron chi connectivity index (χ1n) is 13.5. The summed E-state index contributed by atoms with van der Waals surface area (Å²) < 4.78 is 47.1. The molecule has 0 amide bonds. The number of benzene rings is 3. The Labute approximate surface area is 241 Å². The average Bonchev–Trinajstić information content (AvgIpc) is 3.00. The second-order valence-electron chi connectivity index (χ2n) is 10.3. The third-order valence-corrected chi connectivity index (χ3v) is 7.56. The van der Waals surface area contributed by atoms with Crippen molar-refractivity contribution in [3.05, 3.63) is 101 Å². The van der Waals surface area contributed by atoms with Gasteiger partial charge in [0.1, 0.15) is 18.2 Å². The number of pyridine rings is 1. The molecule has 0 saturated carbocycles. The lowest BCUT2D eigenvalue weighted by Crippen LogP contribution is -2.36. The fraction of sp³-hybridized carbons (Fsp3) is 0.242. The zero-order chi connectivity index (χ0) is 29.9. The monoisotopic (exact) mass is 571 g/mol. The number of alkyl halides is 3. The van der Waals surface area contributed by atoms with Crippen molar-refractivity contribution in [3.63, 3.8) is 0 Å². The summed E-state index contributed by atoms with van der Waals surface area (Å²) in [5, 5.41) is 18.3. The summed E-state index contributed by atoms with van der Waals surface area (Å²) in [5.41, 5.74) is 4.10. The summed E-state index contributed by atoms with van der Waals surface area (Å²) in [6.45, 7) is 3.08. The zero-order valence-corrected chi connectivity index (χ0v) is 22.9. The number of aromatic nitrogens is 1. The standard InChI is InChI=1S/C33H28F3N3O3/c1-21-17-25(23-7-5-22(19-37)6-8-23)9-10-26(21)20-42-30-12-11-27(33(34,35)36)18-28(30)29-3-2-4-31(38-29)39-15-13-24(14-16-39)32(40)41/h2-12,17-18,24H,13-16,20H2,1H3,(H,40,41). The van der Waals surface area contributed by atoms with Gasteiger partial charge in [-0.2, -0.15) is 18.4 Å². The van der Waals surface area contributed by atoms with Crippen molar-refractivity contribution in [1.82, 2.24) is 4.98 Å². The summed E-state index contributed by atoms with van der Waals surface area (Å²) in [4.78, 5) is 17.9. The SMILES string of the molecule is Cc1cc(-c2ccc(C#N)cc2)ccc1COc1ccc(C(F)(F)F)cc1-c1cccc(N2CCC(C(=O)O)CC2)n1.